The second-order valence-corrected chi connectivity index (χ2v) is 6.82. The molecule has 0 aromatic carbocycles. The van der Waals surface area contributed by atoms with Gasteiger partial charge < -0.3 is 14.9 Å². The van der Waals surface area contributed by atoms with Crippen molar-refractivity contribution in [2.24, 2.45) is 0 Å². The number of pyridine rings is 1. The van der Waals surface area contributed by atoms with E-state index in [2.05, 4.69) is 4.98 Å². The van der Waals surface area contributed by atoms with Crippen LogP contribution in [0.4, 0.5) is 0 Å². The van der Waals surface area contributed by atoms with Gasteiger partial charge in [0.2, 0.25) is 0 Å². The Morgan fingerprint density at radius 3 is 2.67 bits per heavy atom. The molecule has 7 heteroatoms. The van der Waals surface area contributed by atoms with Gasteiger partial charge in [-0.1, -0.05) is 18.9 Å². The maximum absolute atomic E-state index is 10.7. The van der Waals surface area contributed by atoms with Gasteiger partial charge in [0, 0.05) is 6.20 Å². The first-order valence-electron chi connectivity index (χ1n) is 5.77. The van der Waals surface area contributed by atoms with Crippen molar-refractivity contribution in [2.45, 2.75) is 36.6 Å². The molecule has 102 valence electrons. The minimum Gasteiger partial charge on any atom is -0.380 e. The Morgan fingerprint density at radius 2 is 2.06 bits per heavy atom. The minimum absolute atomic E-state index is 0.151. The molecule has 0 fully saturated rings. The van der Waals surface area contributed by atoms with Crippen molar-refractivity contribution in [2.75, 3.05) is 5.75 Å². The van der Waals surface area contributed by atoms with Crippen LogP contribution < -0.4 is 0 Å². The van der Waals surface area contributed by atoms with Gasteiger partial charge in [0.25, 0.3) is 0 Å². The average Bonchev–Trinajstić information content (AvgIpc) is 2.33. The fourth-order valence-electron chi connectivity index (χ4n) is 1.38. The van der Waals surface area contributed by atoms with Gasteiger partial charge >= 0.3 is 7.60 Å². The van der Waals surface area contributed by atoms with Crippen molar-refractivity contribution in [1.82, 2.24) is 4.98 Å². The Bertz CT molecular complexity index is 384. The van der Waals surface area contributed by atoms with E-state index in [9.17, 15) is 4.57 Å². The molecule has 1 heterocycles. The van der Waals surface area contributed by atoms with Crippen LogP contribution in [0.1, 0.15) is 25.7 Å². The summed E-state index contributed by atoms with van der Waals surface area (Å²) in [6.45, 7) is 0. The van der Waals surface area contributed by atoms with Crippen LogP contribution in [-0.2, 0) is 4.57 Å². The minimum atomic E-state index is -4.32. The fourth-order valence-corrected chi connectivity index (χ4v) is 2.77. The molecule has 3 N–H and O–H groups in total. The van der Waals surface area contributed by atoms with Gasteiger partial charge in [-0.05, 0) is 30.7 Å². The van der Waals surface area contributed by atoms with Gasteiger partial charge in [0.1, 0.15) is 0 Å². The van der Waals surface area contributed by atoms with Gasteiger partial charge in [0.05, 0.1) is 5.03 Å². The average molecular weight is 291 g/mol. The number of unbranched alkanes of at least 4 members (excludes halogenated alkanes) is 2. The maximum Gasteiger partial charge on any atom is 0.353 e. The molecule has 1 aromatic heterocycles. The third-order valence-corrected chi connectivity index (χ3v) is 4.45. The Labute approximate surface area is 111 Å². The van der Waals surface area contributed by atoms with Crippen molar-refractivity contribution in [3.05, 3.63) is 24.4 Å². The predicted molar refractivity (Wildman–Crippen MR) is 71.5 cm³/mol. The van der Waals surface area contributed by atoms with Crippen LogP contribution in [-0.4, -0.2) is 31.5 Å². The molecule has 1 atom stereocenters. The molecule has 0 bridgehead atoms. The Morgan fingerprint density at radius 1 is 1.28 bits per heavy atom. The normalized spacial score (nSPS) is 13.5. The van der Waals surface area contributed by atoms with Gasteiger partial charge in [-0.2, -0.15) is 0 Å². The lowest BCUT2D eigenvalue weighted by atomic mass is 10.2. The van der Waals surface area contributed by atoms with E-state index in [1.807, 2.05) is 18.2 Å². The van der Waals surface area contributed by atoms with E-state index in [-0.39, 0.29) is 6.42 Å². The molecular weight excluding hydrogens is 273 g/mol. The standard InChI is InChI=1S/C11H18NO4PS/c13-11(17(14,15)16)7-2-1-5-9-18-10-6-3-4-8-12-10/h3-4,6,8,11,13H,1-2,5,7,9H2,(H2,14,15,16). The highest BCUT2D eigenvalue weighted by atomic mass is 32.2. The first kappa shape index (κ1) is 15.7. The van der Waals surface area contributed by atoms with Crippen molar-refractivity contribution in [1.29, 1.82) is 0 Å². The molecule has 0 radical (unpaired) electrons. The number of hydrogen-bond acceptors (Lipinski definition) is 4. The zero-order valence-corrected chi connectivity index (χ0v) is 11.7. The smallest absolute Gasteiger partial charge is 0.353 e. The Balaban J connectivity index is 2.04. The highest BCUT2D eigenvalue weighted by molar-refractivity contribution is 7.99. The van der Waals surface area contributed by atoms with Crippen LogP contribution in [0.15, 0.2) is 29.4 Å². The summed E-state index contributed by atoms with van der Waals surface area (Å²) in [4.78, 5) is 21.5. The first-order valence-corrected chi connectivity index (χ1v) is 8.44. The molecule has 0 spiro atoms. The zero-order chi connectivity index (χ0) is 13.4. The molecule has 1 aromatic rings. The molecule has 0 saturated carbocycles. The number of hydrogen-bond donors (Lipinski definition) is 3. The highest BCUT2D eigenvalue weighted by Gasteiger charge is 2.24. The highest BCUT2D eigenvalue weighted by Crippen LogP contribution is 2.41. The van der Waals surface area contributed by atoms with E-state index in [1.54, 1.807) is 18.0 Å². The first-order chi connectivity index (χ1) is 8.50. The molecule has 18 heavy (non-hydrogen) atoms. The van der Waals surface area contributed by atoms with Crippen molar-refractivity contribution in [3.63, 3.8) is 0 Å². The van der Waals surface area contributed by atoms with Crippen molar-refractivity contribution < 1.29 is 19.5 Å². The van der Waals surface area contributed by atoms with Gasteiger partial charge in [-0.15, -0.1) is 11.8 Å². The third-order valence-electron chi connectivity index (χ3n) is 2.38. The van der Waals surface area contributed by atoms with E-state index >= 15 is 0 Å². The monoisotopic (exact) mass is 291 g/mol. The summed E-state index contributed by atoms with van der Waals surface area (Å²) in [6, 6.07) is 5.75. The van der Waals surface area contributed by atoms with E-state index in [4.69, 9.17) is 14.9 Å². The molecule has 0 aliphatic carbocycles. The quantitative estimate of drug-likeness (QED) is 0.386. The molecule has 1 unspecified atom stereocenters. The van der Waals surface area contributed by atoms with Crippen LogP contribution in [0.5, 0.6) is 0 Å². The van der Waals surface area contributed by atoms with E-state index in [1.165, 1.54) is 0 Å². The molecule has 0 aliphatic heterocycles. The third kappa shape index (κ3) is 6.52. The van der Waals surface area contributed by atoms with Gasteiger partial charge in [0.15, 0.2) is 5.85 Å². The maximum atomic E-state index is 10.7. The summed E-state index contributed by atoms with van der Waals surface area (Å²) < 4.78 is 10.7. The second-order valence-electron chi connectivity index (χ2n) is 3.94. The largest absolute Gasteiger partial charge is 0.380 e. The van der Waals surface area contributed by atoms with E-state index < -0.39 is 13.4 Å². The lowest BCUT2D eigenvalue weighted by molar-refractivity contribution is 0.190. The van der Waals surface area contributed by atoms with Gasteiger partial charge in [-0.25, -0.2) is 4.98 Å². The topological polar surface area (TPSA) is 90.7 Å². The fraction of sp³-hybridized carbons (Fsp3) is 0.545. The summed E-state index contributed by atoms with van der Waals surface area (Å²) in [7, 11) is -4.32. The molecule has 1 rings (SSSR count). The number of nitrogens with zero attached hydrogens (tertiary/aromatic N) is 1. The van der Waals surface area contributed by atoms with Crippen LogP contribution in [0.25, 0.3) is 0 Å². The second kappa shape index (κ2) is 7.92. The van der Waals surface area contributed by atoms with E-state index in [0.29, 0.717) is 6.42 Å². The summed E-state index contributed by atoms with van der Waals surface area (Å²) in [5, 5.41) is 10.1. The predicted octanol–water partition coefficient (Wildman–Crippen LogP) is 2.23. The van der Waals surface area contributed by atoms with Crippen molar-refractivity contribution in [3.8, 4) is 0 Å². The molecule has 5 nitrogen and oxygen atoms in total. The lowest BCUT2D eigenvalue weighted by Gasteiger charge is -2.11. The molecule has 0 saturated heterocycles. The molecule has 0 amide bonds. The molecular formula is C11H18NO4PS. The number of thioether (sulfide) groups is 1. The Hall–Kier alpha value is -0.390. The number of aromatic nitrogens is 1. The number of rotatable bonds is 8. The Kier molecular flexibility index (Phi) is 6.89. The van der Waals surface area contributed by atoms with Crippen LogP contribution in [0, 0.1) is 0 Å². The summed E-state index contributed by atoms with van der Waals surface area (Å²) in [6.07, 6.45) is 4.30. The molecule has 0 aliphatic rings. The van der Waals surface area contributed by atoms with Gasteiger partial charge in [-0.3, -0.25) is 4.57 Å². The summed E-state index contributed by atoms with van der Waals surface area (Å²) >= 11 is 1.66. The lowest BCUT2D eigenvalue weighted by Crippen LogP contribution is -2.06. The zero-order valence-electron chi connectivity index (χ0n) is 9.97. The van der Waals surface area contributed by atoms with Crippen LogP contribution in [0.3, 0.4) is 0 Å². The van der Waals surface area contributed by atoms with Crippen LogP contribution >= 0.6 is 19.4 Å². The number of aliphatic hydroxyl groups excluding tert-OH is 1. The number of aliphatic hydroxyl groups is 1. The summed E-state index contributed by atoms with van der Waals surface area (Å²) in [5.41, 5.74) is 0. The summed E-state index contributed by atoms with van der Waals surface area (Å²) in [5.74, 6) is -0.593. The van der Waals surface area contributed by atoms with E-state index in [0.717, 1.165) is 23.6 Å². The van der Waals surface area contributed by atoms with Crippen LogP contribution in [0.2, 0.25) is 0 Å². The van der Waals surface area contributed by atoms with Crippen molar-refractivity contribution >= 4 is 19.4 Å². The SMILES string of the molecule is O=P(O)(O)C(O)CCCCCSc1ccccn1.